The van der Waals surface area contributed by atoms with Gasteiger partial charge in [-0.05, 0) is 41.0 Å². The van der Waals surface area contributed by atoms with Gasteiger partial charge in [0.25, 0.3) is 0 Å². The second kappa shape index (κ2) is 7.78. The average molecular weight is 358 g/mol. The number of hydrogen-bond acceptors (Lipinski definition) is 6. The third-order valence-corrected chi connectivity index (χ3v) is 3.74. The standard InChI is InChI=1S/C17H16ClN5O2/c1-11-6-8-13(9-7-11)20-17(15-16(19)22-25-21-15)23-24-10-12-4-2-3-5-14(12)18/h2-9H,10H2,1H3,(H2,19,22)(H,20,23). The van der Waals surface area contributed by atoms with Gasteiger partial charge in [0, 0.05) is 5.02 Å². The summed E-state index contributed by atoms with van der Waals surface area (Å²) in [7, 11) is 0. The molecule has 1 aromatic heterocycles. The van der Waals surface area contributed by atoms with Gasteiger partial charge in [-0.3, -0.25) is 4.84 Å². The number of anilines is 1. The van der Waals surface area contributed by atoms with Crippen LogP contribution in [0, 0.1) is 6.92 Å². The van der Waals surface area contributed by atoms with E-state index in [1.54, 1.807) is 6.07 Å². The molecule has 0 unspecified atom stereocenters. The Morgan fingerprint density at radius 3 is 2.64 bits per heavy atom. The van der Waals surface area contributed by atoms with Crippen molar-refractivity contribution in [2.45, 2.75) is 13.5 Å². The Hall–Kier alpha value is -2.90. The van der Waals surface area contributed by atoms with E-state index in [9.17, 15) is 0 Å². The molecular weight excluding hydrogens is 342 g/mol. The number of halogens is 1. The molecule has 128 valence electrons. The van der Waals surface area contributed by atoms with E-state index in [2.05, 4.69) is 25.4 Å². The van der Waals surface area contributed by atoms with Crippen molar-refractivity contribution in [3.05, 3.63) is 70.4 Å². The van der Waals surface area contributed by atoms with Crippen LogP contribution >= 0.6 is 11.6 Å². The van der Waals surface area contributed by atoms with E-state index in [-0.39, 0.29) is 24.0 Å². The van der Waals surface area contributed by atoms with Crippen LogP contribution in [0.5, 0.6) is 0 Å². The molecule has 8 heteroatoms. The molecule has 0 aliphatic carbocycles. The Balaban J connectivity index is 1.79. The predicted octanol–water partition coefficient (Wildman–Crippen LogP) is 3.41. The third kappa shape index (κ3) is 4.34. The molecule has 0 saturated heterocycles. The van der Waals surface area contributed by atoms with Gasteiger partial charge in [-0.25, -0.2) is 15.1 Å². The van der Waals surface area contributed by atoms with E-state index < -0.39 is 0 Å². The monoisotopic (exact) mass is 357 g/mol. The molecule has 25 heavy (non-hydrogen) atoms. The summed E-state index contributed by atoms with van der Waals surface area (Å²) >= 11 is 6.11. The van der Waals surface area contributed by atoms with Crippen LogP contribution in [0.2, 0.25) is 5.02 Å². The number of aryl methyl sites for hydroxylation is 1. The zero-order valence-corrected chi connectivity index (χ0v) is 14.2. The molecule has 0 spiro atoms. The highest BCUT2D eigenvalue weighted by Gasteiger charge is 2.15. The van der Waals surface area contributed by atoms with Crippen molar-refractivity contribution >= 4 is 28.9 Å². The SMILES string of the molecule is Cc1ccc(N=C(NOCc2ccccc2Cl)c2nonc2N)cc1. The fourth-order valence-corrected chi connectivity index (χ4v) is 2.22. The molecule has 0 saturated carbocycles. The Morgan fingerprint density at radius 2 is 1.96 bits per heavy atom. The van der Waals surface area contributed by atoms with Crippen LogP contribution in [0.3, 0.4) is 0 Å². The van der Waals surface area contributed by atoms with E-state index in [4.69, 9.17) is 22.2 Å². The lowest BCUT2D eigenvalue weighted by atomic mass is 10.2. The Labute approximate surface area is 149 Å². The first kappa shape index (κ1) is 16.9. The Bertz CT molecular complexity index is 877. The van der Waals surface area contributed by atoms with Gasteiger partial charge < -0.3 is 5.73 Å². The number of aromatic nitrogens is 2. The number of nitrogens with two attached hydrogens (primary N) is 1. The highest BCUT2D eigenvalue weighted by molar-refractivity contribution is 6.31. The normalized spacial score (nSPS) is 11.5. The number of nitrogens with zero attached hydrogens (tertiary/aromatic N) is 3. The third-order valence-electron chi connectivity index (χ3n) is 3.37. The maximum absolute atomic E-state index is 6.11. The summed E-state index contributed by atoms with van der Waals surface area (Å²) < 4.78 is 4.64. The molecule has 0 bridgehead atoms. The number of nitrogens with one attached hydrogen (secondary N) is 1. The van der Waals surface area contributed by atoms with Crippen LogP contribution in [-0.2, 0) is 11.4 Å². The summed E-state index contributed by atoms with van der Waals surface area (Å²) in [5, 5.41) is 7.95. The van der Waals surface area contributed by atoms with Crippen molar-refractivity contribution in [1.29, 1.82) is 0 Å². The lowest BCUT2D eigenvalue weighted by Gasteiger charge is -2.09. The van der Waals surface area contributed by atoms with Crippen molar-refractivity contribution in [3.8, 4) is 0 Å². The largest absolute Gasteiger partial charge is 0.379 e. The van der Waals surface area contributed by atoms with Gasteiger partial charge in [0.2, 0.25) is 0 Å². The molecule has 3 aromatic rings. The zero-order chi connectivity index (χ0) is 17.6. The van der Waals surface area contributed by atoms with Gasteiger partial charge in [-0.1, -0.05) is 47.5 Å². The number of hydroxylamine groups is 1. The molecule has 7 nitrogen and oxygen atoms in total. The minimum atomic E-state index is 0.111. The molecule has 1 heterocycles. The highest BCUT2D eigenvalue weighted by atomic mass is 35.5. The lowest BCUT2D eigenvalue weighted by Crippen LogP contribution is -2.26. The molecule has 0 aliphatic rings. The van der Waals surface area contributed by atoms with E-state index in [0.717, 1.165) is 11.1 Å². The molecule has 2 aromatic carbocycles. The topological polar surface area (TPSA) is 98.6 Å². The van der Waals surface area contributed by atoms with Crippen LogP contribution in [0.15, 0.2) is 58.2 Å². The van der Waals surface area contributed by atoms with Gasteiger partial charge in [-0.15, -0.1) is 0 Å². The van der Waals surface area contributed by atoms with E-state index in [1.807, 2.05) is 49.4 Å². The number of aliphatic imine (C=N–C) groups is 1. The highest BCUT2D eigenvalue weighted by Crippen LogP contribution is 2.17. The molecule has 0 atom stereocenters. The maximum Gasteiger partial charge on any atom is 0.199 e. The molecule has 3 rings (SSSR count). The van der Waals surface area contributed by atoms with Crippen molar-refractivity contribution in [1.82, 2.24) is 15.8 Å². The minimum Gasteiger partial charge on any atom is -0.379 e. The number of amidine groups is 1. The molecule has 0 fully saturated rings. The molecule has 0 aliphatic heterocycles. The van der Waals surface area contributed by atoms with Gasteiger partial charge >= 0.3 is 0 Å². The van der Waals surface area contributed by atoms with E-state index in [1.165, 1.54) is 0 Å². The smallest absolute Gasteiger partial charge is 0.199 e. The van der Waals surface area contributed by atoms with Crippen molar-refractivity contribution in [2.75, 3.05) is 5.73 Å². The fourth-order valence-electron chi connectivity index (χ4n) is 2.03. The second-order valence-electron chi connectivity index (χ2n) is 5.28. The summed E-state index contributed by atoms with van der Waals surface area (Å²) in [5.74, 6) is 0.398. The van der Waals surface area contributed by atoms with Crippen LogP contribution in [0.4, 0.5) is 11.5 Å². The predicted molar refractivity (Wildman–Crippen MR) is 95.5 cm³/mol. The summed E-state index contributed by atoms with van der Waals surface area (Å²) in [6.07, 6.45) is 0. The first-order valence-electron chi connectivity index (χ1n) is 7.48. The molecular formula is C17H16ClN5O2. The van der Waals surface area contributed by atoms with Crippen LogP contribution in [-0.4, -0.2) is 16.1 Å². The first-order chi connectivity index (χ1) is 12.1. The Morgan fingerprint density at radius 1 is 1.20 bits per heavy atom. The van der Waals surface area contributed by atoms with Crippen LogP contribution < -0.4 is 11.2 Å². The molecule has 0 amide bonds. The van der Waals surface area contributed by atoms with Crippen LogP contribution in [0.25, 0.3) is 0 Å². The molecule has 0 radical (unpaired) electrons. The maximum atomic E-state index is 6.11. The van der Waals surface area contributed by atoms with E-state index >= 15 is 0 Å². The second-order valence-corrected chi connectivity index (χ2v) is 5.68. The van der Waals surface area contributed by atoms with Gasteiger partial charge in [0.05, 0.1) is 5.69 Å². The Kier molecular flexibility index (Phi) is 5.27. The zero-order valence-electron chi connectivity index (χ0n) is 13.4. The number of nitrogen functional groups attached to an aromatic ring is 1. The quantitative estimate of drug-likeness (QED) is 0.412. The van der Waals surface area contributed by atoms with Gasteiger partial charge in [0.1, 0.15) is 6.61 Å². The van der Waals surface area contributed by atoms with Gasteiger partial charge in [-0.2, -0.15) is 0 Å². The van der Waals surface area contributed by atoms with E-state index in [0.29, 0.717) is 10.7 Å². The number of hydrogen-bond donors (Lipinski definition) is 2. The lowest BCUT2D eigenvalue weighted by molar-refractivity contribution is 0.0714. The fraction of sp³-hybridized carbons (Fsp3) is 0.118. The average Bonchev–Trinajstić information content (AvgIpc) is 3.03. The van der Waals surface area contributed by atoms with Crippen molar-refractivity contribution < 1.29 is 9.47 Å². The summed E-state index contributed by atoms with van der Waals surface area (Å²) in [5.41, 5.74) is 11.4. The minimum absolute atomic E-state index is 0.111. The summed E-state index contributed by atoms with van der Waals surface area (Å²) in [6, 6.07) is 15.0. The summed E-state index contributed by atoms with van der Waals surface area (Å²) in [6.45, 7) is 2.23. The number of rotatable bonds is 5. The van der Waals surface area contributed by atoms with Crippen molar-refractivity contribution in [3.63, 3.8) is 0 Å². The van der Waals surface area contributed by atoms with Crippen LogP contribution in [0.1, 0.15) is 16.8 Å². The first-order valence-corrected chi connectivity index (χ1v) is 7.86. The van der Waals surface area contributed by atoms with Gasteiger partial charge in [0.15, 0.2) is 17.3 Å². The number of benzene rings is 2. The summed E-state index contributed by atoms with van der Waals surface area (Å²) in [4.78, 5) is 9.97. The van der Waals surface area contributed by atoms with Crippen molar-refractivity contribution in [2.24, 2.45) is 4.99 Å². The molecule has 3 N–H and O–H groups in total.